The Morgan fingerprint density at radius 1 is 1.50 bits per heavy atom. The van der Waals surface area contributed by atoms with E-state index in [1.165, 1.54) is 0 Å². The third-order valence-electron chi connectivity index (χ3n) is 3.67. The first-order valence-corrected chi connectivity index (χ1v) is 6.72. The van der Waals surface area contributed by atoms with Crippen molar-refractivity contribution >= 4 is 17.3 Å². The fourth-order valence-electron chi connectivity index (χ4n) is 2.75. The smallest absolute Gasteiger partial charge is 0.305 e. The van der Waals surface area contributed by atoms with Crippen LogP contribution in [0, 0.1) is 17.0 Å². The Morgan fingerprint density at radius 3 is 2.90 bits per heavy atom. The first-order valence-electron chi connectivity index (χ1n) is 6.72. The Labute approximate surface area is 117 Å². The highest BCUT2D eigenvalue weighted by molar-refractivity contribution is 5.70. The van der Waals surface area contributed by atoms with Gasteiger partial charge in [-0.05, 0) is 37.8 Å². The zero-order chi connectivity index (χ0) is 14.7. The van der Waals surface area contributed by atoms with E-state index in [2.05, 4.69) is 0 Å². The predicted octanol–water partition coefficient (Wildman–Crippen LogP) is 2.74. The van der Waals surface area contributed by atoms with Gasteiger partial charge in [0.1, 0.15) is 5.69 Å². The normalized spacial score (nSPS) is 18.9. The topological polar surface area (TPSA) is 83.7 Å². The van der Waals surface area contributed by atoms with Crippen molar-refractivity contribution in [2.75, 3.05) is 11.4 Å². The van der Waals surface area contributed by atoms with E-state index in [1.54, 1.807) is 12.1 Å². The second-order valence-electron chi connectivity index (χ2n) is 5.19. The lowest BCUT2D eigenvalue weighted by Crippen LogP contribution is -2.41. The van der Waals surface area contributed by atoms with Gasteiger partial charge in [-0.2, -0.15) is 0 Å². The van der Waals surface area contributed by atoms with E-state index in [9.17, 15) is 14.9 Å². The maximum Gasteiger partial charge on any atom is 0.305 e. The van der Waals surface area contributed by atoms with Crippen molar-refractivity contribution in [3.8, 4) is 0 Å². The number of hydrogen-bond acceptors (Lipinski definition) is 4. The van der Waals surface area contributed by atoms with Gasteiger partial charge in [0.05, 0.1) is 11.3 Å². The molecule has 1 aliphatic rings. The molecule has 1 fully saturated rings. The monoisotopic (exact) mass is 278 g/mol. The van der Waals surface area contributed by atoms with Crippen molar-refractivity contribution in [3.05, 3.63) is 33.9 Å². The van der Waals surface area contributed by atoms with E-state index >= 15 is 0 Å². The van der Waals surface area contributed by atoms with Crippen LogP contribution >= 0.6 is 0 Å². The average Bonchev–Trinajstić information content (AvgIpc) is 2.39. The van der Waals surface area contributed by atoms with Crippen LogP contribution in [0.2, 0.25) is 0 Å². The molecular formula is C14H18N2O4. The van der Waals surface area contributed by atoms with Crippen molar-refractivity contribution < 1.29 is 14.8 Å². The molecule has 1 aromatic carbocycles. The third-order valence-corrected chi connectivity index (χ3v) is 3.67. The summed E-state index contributed by atoms with van der Waals surface area (Å²) in [4.78, 5) is 23.7. The van der Waals surface area contributed by atoms with Crippen molar-refractivity contribution in [2.45, 2.75) is 38.6 Å². The van der Waals surface area contributed by atoms with Crippen LogP contribution in [-0.2, 0) is 4.79 Å². The number of carbonyl (C=O) groups is 1. The standard InChI is InChI=1S/C14H18N2O4/c1-10-5-6-12(13(8-10)16(19)20)15-7-3-2-4-11(15)9-14(17)18/h5-6,8,11H,2-4,7,9H2,1H3,(H,17,18). The summed E-state index contributed by atoms with van der Waals surface area (Å²) in [5.74, 6) is -0.864. The number of carboxylic acids is 1. The summed E-state index contributed by atoms with van der Waals surface area (Å²) in [6, 6.07) is 4.94. The number of aryl methyl sites for hydroxylation is 1. The summed E-state index contributed by atoms with van der Waals surface area (Å²) in [5, 5.41) is 20.2. The largest absolute Gasteiger partial charge is 0.481 e. The van der Waals surface area contributed by atoms with Crippen molar-refractivity contribution in [3.63, 3.8) is 0 Å². The molecule has 1 unspecified atom stereocenters. The molecule has 6 nitrogen and oxygen atoms in total. The number of carboxylic acid groups (broad SMARTS) is 1. The second-order valence-corrected chi connectivity index (χ2v) is 5.19. The van der Waals surface area contributed by atoms with Gasteiger partial charge < -0.3 is 10.0 Å². The van der Waals surface area contributed by atoms with Crippen molar-refractivity contribution in [2.24, 2.45) is 0 Å². The van der Waals surface area contributed by atoms with Crippen LogP contribution in [0.1, 0.15) is 31.2 Å². The minimum Gasteiger partial charge on any atom is -0.481 e. The van der Waals surface area contributed by atoms with Gasteiger partial charge >= 0.3 is 5.97 Å². The molecule has 0 aromatic heterocycles. The molecule has 0 spiro atoms. The Morgan fingerprint density at radius 2 is 2.25 bits per heavy atom. The number of aliphatic carboxylic acids is 1. The fourth-order valence-corrected chi connectivity index (χ4v) is 2.75. The van der Waals surface area contributed by atoms with E-state index in [1.807, 2.05) is 17.9 Å². The average molecular weight is 278 g/mol. The second kappa shape index (κ2) is 5.90. The van der Waals surface area contributed by atoms with Gasteiger partial charge in [-0.1, -0.05) is 6.07 Å². The first kappa shape index (κ1) is 14.3. The van der Waals surface area contributed by atoms with Gasteiger partial charge in [0, 0.05) is 18.7 Å². The van der Waals surface area contributed by atoms with Gasteiger partial charge in [0.2, 0.25) is 0 Å². The maximum absolute atomic E-state index is 11.2. The van der Waals surface area contributed by atoms with Crippen LogP contribution in [0.25, 0.3) is 0 Å². The summed E-state index contributed by atoms with van der Waals surface area (Å²) >= 11 is 0. The SMILES string of the molecule is Cc1ccc(N2CCCCC2CC(=O)O)c([N+](=O)[O-])c1. The summed E-state index contributed by atoms with van der Waals surface area (Å²) < 4.78 is 0. The van der Waals surface area contributed by atoms with E-state index in [0.29, 0.717) is 12.2 Å². The lowest BCUT2D eigenvalue weighted by atomic mass is 9.98. The quantitative estimate of drug-likeness (QED) is 0.676. The summed E-state index contributed by atoms with van der Waals surface area (Å²) in [6.07, 6.45) is 2.68. The van der Waals surface area contributed by atoms with Gasteiger partial charge in [0.25, 0.3) is 5.69 Å². The number of anilines is 1. The van der Waals surface area contributed by atoms with E-state index in [4.69, 9.17) is 5.11 Å². The summed E-state index contributed by atoms with van der Waals surface area (Å²) in [6.45, 7) is 2.48. The van der Waals surface area contributed by atoms with Crippen LogP contribution in [0.3, 0.4) is 0 Å². The molecule has 1 heterocycles. The predicted molar refractivity (Wildman–Crippen MR) is 75.1 cm³/mol. The molecule has 0 amide bonds. The van der Waals surface area contributed by atoms with Crippen LogP contribution in [0.5, 0.6) is 0 Å². The number of rotatable bonds is 4. The molecule has 1 aromatic rings. The Hall–Kier alpha value is -2.11. The number of piperidine rings is 1. The Bertz CT molecular complexity index is 530. The number of hydrogen-bond donors (Lipinski definition) is 1. The van der Waals surface area contributed by atoms with Crippen molar-refractivity contribution in [1.29, 1.82) is 0 Å². The molecular weight excluding hydrogens is 260 g/mol. The van der Waals surface area contributed by atoms with Crippen LogP contribution in [0.15, 0.2) is 18.2 Å². The highest BCUT2D eigenvalue weighted by atomic mass is 16.6. The minimum atomic E-state index is -0.864. The van der Waals surface area contributed by atoms with Gasteiger partial charge in [-0.3, -0.25) is 14.9 Å². The zero-order valence-corrected chi connectivity index (χ0v) is 11.4. The maximum atomic E-state index is 11.2. The molecule has 6 heteroatoms. The molecule has 108 valence electrons. The minimum absolute atomic E-state index is 0.0189. The molecule has 0 radical (unpaired) electrons. The molecule has 1 atom stereocenters. The Balaban J connectivity index is 2.36. The first-order chi connectivity index (χ1) is 9.49. The number of nitro benzene ring substituents is 1. The summed E-state index contributed by atoms with van der Waals surface area (Å²) in [5.41, 5.74) is 1.42. The molecule has 20 heavy (non-hydrogen) atoms. The van der Waals surface area contributed by atoms with Gasteiger partial charge in [-0.15, -0.1) is 0 Å². The van der Waals surface area contributed by atoms with Crippen LogP contribution < -0.4 is 4.90 Å². The van der Waals surface area contributed by atoms with E-state index in [-0.39, 0.29) is 18.2 Å². The number of nitro groups is 1. The molecule has 0 bridgehead atoms. The lowest BCUT2D eigenvalue weighted by Gasteiger charge is -2.36. The number of benzene rings is 1. The number of nitrogens with zero attached hydrogens (tertiary/aromatic N) is 2. The van der Waals surface area contributed by atoms with Crippen LogP contribution in [0.4, 0.5) is 11.4 Å². The molecule has 1 N–H and O–H groups in total. The molecule has 0 aliphatic carbocycles. The highest BCUT2D eigenvalue weighted by Gasteiger charge is 2.29. The van der Waals surface area contributed by atoms with E-state index < -0.39 is 10.9 Å². The zero-order valence-electron chi connectivity index (χ0n) is 11.4. The highest BCUT2D eigenvalue weighted by Crippen LogP contribution is 2.34. The third kappa shape index (κ3) is 3.07. The van der Waals surface area contributed by atoms with Gasteiger partial charge in [-0.25, -0.2) is 0 Å². The van der Waals surface area contributed by atoms with Crippen LogP contribution in [-0.4, -0.2) is 28.6 Å². The molecule has 1 aliphatic heterocycles. The van der Waals surface area contributed by atoms with Crippen molar-refractivity contribution in [1.82, 2.24) is 0 Å². The molecule has 2 rings (SSSR count). The fraction of sp³-hybridized carbons (Fsp3) is 0.500. The molecule has 0 saturated carbocycles. The molecule has 1 saturated heterocycles. The van der Waals surface area contributed by atoms with E-state index in [0.717, 1.165) is 24.8 Å². The lowest BCUT2D eigenvalue weighted by molar-refractivity contribution is -0.384. The van der Waals surface area contributed by atoms with Gasteiger partial charge in [0.15, 0.2) is 0 Å². The summed E-state index contributed by atoms with van der Waals surface area (Å²) in [7, 11) is 0. The Kier molecular flexibility index (Phi) is 4.22.